The van der Waals surface area contributed by atoms with Crippen LogP contribution in [-0.4, -0.2) is 29.0 Å². The molecule has 2 aromatic carbocycles. The van der Waals surface area contributed by atoms with Crippen LogP contribution in [-0.2, 0) is 0 Å². The van der Waals surface area contributed by atoms with Crippen molar-refractivity contribution in [1.82, 2.24) is 9.78 Å². The molecule has 0 radical (unpaired) electrons. The molecular formula is C21H18ClF3N4O2. The number of anilines is 2. The zero-order valence-corrected chi connectivity index (χ0v) is 17.0. The highest BCUT2D eigenvalue weighted by molar-refractivity contribution is 6.31. The van der Waals surface area contributed by atoms with Gasteiger partial charge in [-0.1, -0.05) is 29.8 Å². The largest absolute Gasteiger partial charge is 0.497 e. The molecule has 0 aliphatic carbocycles. The number of nitrogens with one attached hydrogen (secondary N) is 2. The lowest BCUT2D eigenvalue weighted by atomic mass is 9.96. The van der Waals surface area contributed by atoms with Crippen molar-refractivity contribution < 1.29 is 22.7 Å². The molecule has 4 rings (SSSR count). The van der Waals surface area contributed by atoms with Crippen LogP contribution < -0.4 is 15.4 Å². The summed E-state index contributed by atoms with van der Waals surface area (Å²) in [6.07, 6.45) is -3.68. The van der Waals surface area contributed by atoms with Crippen molar-refractivity contribution >= 4 is 29.0 Å². The van der Waals surface area contributed by atoms with E-state index < -0.39 is 24.2 Å². The van der Waals surface area contributed by atoms with E-state index in [4.69, 9.17) is 16.3 Å². The van der Waals surface area contributed by atoms with Crippen LogP contribution in [0.1, 0.15) is 34.4 Å². The van der Waals surface area contributed by atoms with E-state index >= 15 is 0 Å². The molecule has 31 heavy (non-hydrogen) atoms. The maximum Gasteiger partial charge on any atom is 0.410 e. The zero-order chi connectivity index (χ0) is 22.2. The second-order valence-electron chi connectivity index (χ2n) is 7.08. The lowest BCUT2D eigenvalue weighted by Crippen LogP contribution is -2.36. The monoisotopic (exact) mass is 450 g/mol. The average molecular weight is 451 g/mol. The average Bonchev–Trinajstić information content (AvgIpc) is 3.16. The van der Waals surface area contributed by atoms with Crippen LogP contribution in [0.5, 0.6) is 5.75 Å². The predicted molar refractivity (Wildman–Crippen MR) is 111 cm³/mol. The van der Waals surface area contributed by atoms with Crippen LogP contribution in [0, 0.1) is 0 Å². The van der Waals surface area contributed by atoms with Crippen molar-refractivity contribution in [3.05, 3.63) is 70.9 Å². The minimum atomic E-state index is -4.54. The van der Waals surface area contributed by atoms with Crippen molar-refractivity contribution in [2.75, 3.05) is 17.7 Å². The Morgan fingerprint density at radius 3 is 2.74 bits per heavy atom. The van der Waals surface area contributed by atoms with Gasteiger partial charge in [-0.25, -0.2) is 4.68 Å². The van der Waals surface area contributed by atoms with Gasteiger partial charge < -0.3 is 15.4 Å². The summed E-state index contributed by atoms with van der Waals surface area (Å²) in [4.78, 5) is 12.8. The Bertz CT molecular complexity index is 1120. The van der Waals surface area contributed by atoms with E-state index in [-0.39, 0.29) is 17.8 Å². The number of halogens is 4. The van der Waals surface area contributed by atoms with Gasteiger partial charge in [0.15, 0.2) is 6.04 Å². The summed E-state index contributed by atoms with van der Waals surface area (Å²) in [7, 11) is 1.49. The van der Waals surface area contributed by atoms with E-state index in [1.54, 1.807) is 48.5 Å². The van der Waals surface area contributed by atoms with E-state index in [0.29, 0.717) is 22.0 Å². The summed E-state index contributed by atoms with van der Waals surface area (Å²) < 4.78 is 47.5. The molecule has 0 bridgehead atoms. The molecule has 2 atom stereocenters. The smallest absolute Gasteiger partial charge is 0.410 e. The molecule has 2 N–H and O–H groups in total. The Kier molecular flexibility index (Phi) is 5.53. The summed E-state index contributed by atoms with van der Waals surface area (Å²) in [5.74, 6) is -0.0648. The molecule has 2 unspecified atom stereocenters. The number of hydrogen-bond acceptors (Lipinski definition) is 4. The molecule has 10 heteroatoms. The Hall–Kier alpha value is -3.20. The van der Waals surface area contributed by atoms with Gasteiger partial charge in [-0.2, -0.15) is 18.3 Å². The molecule has 0 saturated heterocycles. The lowest BCUT2D eigenvalue weighted by molar-refractivity contribution is -0.173. The van der Waals surface area contributed by atoms with Crippen molar-refractivity contribution in [2.45, 2.75) is 24.7 Å². The highest BCUT2D eigenvalue weighted by Crippen LogP contribution is 2.44. The van der Waals surface area contributed by atoms with Gasteiger partial charge in [0, 0.05) is 17.1 Å². The topological polar surface area (TPSA) is 68.2 Å². The maximum atomic E-state index is 13.8. The highest BCUT2D eigenvalue weighted by Gasteiger charge is 2.47. The van der Waals surface area contributed by atoms with Crippen LogP contribution in [0.3, 0.4) is 0 Å². The second-order valence-corrected chi connectivity index (χ2v) is 7.52. The fourth-order valence-corrected chi connectivity index (χ4v) is 3.76. The zero-order valence-electron chi connectivity index (χ0n) is 16.3. The first kappa shape index (κ1) is 21.0. The second kappa shape index (κ2) is 8.14. The third-order valence-electron chi connectivity index (χ3n) is 5.06. The number of methoxy groups -OCH3 is 1. The summed E-state index contributed by atoms with van der Waals surface area (Å²) in [6.45, 7) is 0. The number of alkyl halides is 3. The SMILES string of the molecule is COc1cccc(C2CC(C(F)(F)F)n3ncc(C(=O)Nc4cccc(Cl)c4)c3N2)c1. The number of fused-ring (bicyclic) bond motifs is 1. The molecular weight excluding hydrogens is 433 g/mol. The highest BCUT2D eigenvalue weighted by atomic mass is 35.5. The number of amides is 1. The summed E-state index contributed by atoms with van der Waals surface area (Å²) in [6, 6.07) is 10.7. The molecule has 1 aliphatic rings. The van der Waals surface area contributed by atoms with Crippen molar-refractivity contribution in [3.63, 3.8) is 0 Å². The molecule has 1 aromatic heterocycles. The number of benzene rings is 2. The third kappa shape index (κ3) is 4.32. The van der Waals surface area contributed by atoms with Crippen molar-refractivity contribution in [3.8, 4) is 5.75 Å². The van der Waals surface area contributed by atoms with Crippen molar-refractivity contribution in [2.24, 2.45) is 0 Å². The fourth-order valence-electron chi connectivity index (χ4n) is 3.57. The van der Waals surface area contributed by atoms with Gasteiger partial charge in [-0.15, -0.1) is 0 Å². The molecule has 3 aromatic rings. The third-order valence-corrected chi connectivity index (χ3v) is 5.30. The molecule has 1 aliphatic heterocycles. The van der Waals surface area contributed by atoms with Gasteiger partial charge in [-0.05, 0) is 35.9 Å². The van der Waals surface area contributed by atoms with E-state index in [0.717, 1.165) is 10.9 Å². The molecule has 162 valence electrons. The number of hydrogen-bond donors (Lipinski definition) is 2. The van der Waals surface area contributed by atoms with Crippen LogP contribution in [0.4, 0.5) is 24.7 Å². The fraction of sp³-hybridized carbons (Fsp3) is 0.238. The Morgan fingerprint density at radius 1 is 1.26 bits per heavy atom. The molecule has 2 heterocycles. The summed E-state index contributed by atoms with van der Waals surface area (Å²) in [5, 5.41) is 9.98. The lowest BCUT2D eigenvalue weighted by Gasteiger charge is -2.34. The molecule has 0 saturated carbocycles. The van der Waals surface area contributed by atoms with Gasteiger partial charge in [0.25, 0.3) is 5.91 Å². The summed E-state index contributed by atoms with van der Waals surface area (Å²) in [5.41, 5.74) is 1.04. The minimum Gasteiger partial charge on any atom is -0.497 e. The number of ether oxygens (including phenoxy) is 1. The van der Waals surface area contributed by atoms with E-state index in [9.17, 15) is 18.0 Å². The first-order valence-electron chi connectivity index (χ1n) is 9.38. The number of carbonyl (C=O) groups excluding carboxylic acids is 1. The van der Waals surface area contributed by atoms with Crippen LogP contribution in [0.25, 0.3) is 0 Å². The van der Waals surface area contributed by atoms with Crippen LogP contribution in [0.15, 0.2) is 54.7 Å². The Balaban J connectivity index is 1.70. The van der Waals surface area contributed by atoms with Gasteiger partial charge >= 0.3 is 6.18 Å². The van der Waals surface area contributed by atoms with E-state index in [2.05, 4.69) is 15.7 Å². The number of carbonyl (C=O) groups is 1. The molecule has 6 nitrogen and oxygen atoms in total. The van der Waals surface area contributed by atoms with Crippen molar-refractivity contribution in [1.29, 1.82) is 0 Å². The maximum absolute atomic E-state index is 13.8. The standard InChI is InChI=1S/C21H18ClF3N4O2/c1-31-15-7-2-4-12(8-15)17-10-18(21(23,24)25)29-19(28-17)16(11-26-29)20(30)27-14-6-3-5-13(22)9-14/h2-9,11,17-18,28H,10H2,1H3,(H,27,30). The normalized spacial score (nSPS) is 18.1. The van der Waals surface area contributed by atoms with E-state index in [1.165, 1.54) is 7.11 Å². The van der Waals surface area contributed by atoms with E-state index in [1.807, 2.05) is 0 Å². The molecule has 0 spiro atoms. The minimum absolute atomic E-state index is 0.000855. The molecule has 0 fully saturated rings. The van der Waals surface area contributed by atoms with Gasteiger partial charge in [-0.3, -0.25) is 4.79 Å². The Morgan fingerprint density at radius 2 is 2.03 bits per heavy atom. The Labute approximate surface area is 181 Å². The van der Waals surface area contributed by atoms with Crippen LogP contribution in [0.2, 0.25) is 5.02 Å². The molecule has 1 amide bonds. The van der Waals surface area contributed by atoms with Crippen LogP contribution >= 0.6 is 11.6 Å². The van der Waals surface area contributed by atoms with Gasteiger partial charge in [0.2, 0.25) is 0 Å². The number of rotatable bonds is 4. The quantitative estimate of drug-likeness (QED) is 0.554. The van der Waals surface area contributed by atoms with Gasteiger partial charge in [0.05, 0.1) is 19.3 Å². The number of nitrogens with zero attached hydrogens (tertiary/aromatic N) is 2. The first-order valence-corrected chi connectivity index (χ1v) is 9.75. The predicted octanol–water partition coefficient (Wildman–Crippen LogP) is 5.46. The summed E-state index contributed by atoms with van der Waals surface area (Å²) >= 11 is 5.93. The first-order chi connectivity index (χ1) is 14.8. The number of aromatic nitrogens is 2. The van der Waals surface area contributed by atoms with Gasteiger partial charge in [0.1, 0.15) is 17.1 Å².